The van der Waals surface area contributed by atoms with E-state index in [9.17, 15) is 0 Å². The topological polar surface area (TPSA) is 72.7 Å². The van der Waals surface area contributed by atoms with Gasteiger partial charge in [-0.1, -0.05) is 18.2 Å². The average Bonchev–Trinajstić information content (AvgIpc) is 3.33. The van der Waals surface area contributed by atoms with Gasteiger partial charge in [-0.3, -0.25) is 4.99 Å². The second-order valence-corrected chi connectivity index (χ2v) is 6.79. The van der Waals surface area contributed by atoms with E-state index in [0.29, 0.717) is 6.61 Å². The number of nitrogens with zero attached hydrogens (tertiary/aromatic N) is 3. The van der Waals surface area contributed by atoms with Crippen LogP contribution in [-0.2, 0) is 0 Å². The first kappa shape index (κ1) is 24.5. The van der Waals surface area contributed by atoms with Crippen LogP contribution in [0.15, 0.2) is 72.0 Å². The number of aliphatic imine (C=N–C) groups is 1. The molecule has 0 fully saturated rings. The van der Waals surface area contributed by atoms with Crippen LogP contribution in [0.2, 0.25) is 0 Å². The number of aromatic nitrogens is 2. The summed E-state index contributed by atoms with van der Waals surface area (Å²) in [5, 5.41) is 11.1. The van der Waals surface area contributed by atoms with Crippen molar-refractivity contribution >= 4 is 29.9 Å². The Kier molecular flexibility index (Phi) is 10.2. The molecule has 0 radical (unpaired) electrons. The predicted molar refractivity (Wildman–Crippen MR) is 135 cm³/mol. The van der Waals surface area contributed by atoms with E-state index in [2.05, 4.69) is 39.8 Å². The zero-order valence-corrected chi connectivity index (χ0v) is 20.4. The van der Waals surface area contributed by atoms with E-state index in [1.54, 1.807) is 20.4 Å². The van der Waals surface area contributed by atoms with Crippen LogP contribution in [-0.4, -0.2) is 43.0 Å². The normalized spacial score (nSPS) is 11.9. The summed E-state index contributed by atoms with van der Waals surface area (Å²) in [6.07, 6.45) is 4.56. The number of benzene rings is 2. The Hall–Kier alpha value is -2.75. The quantitative estimate of drug-likeness (QED) is 0.186. The highest BCUT2D eigenvalue weighted by molar-refractivity contribution is 14.0. The number of hydrogen-bond acceptors (Lipinski definition) is 4. The molecular weight excluding hydrogens is 505 g/mol. The van der Waals surface area contributed by atoms with Crippen LogP contribution in [0.3, 0.4) is 0 Å². The highest BCUT2D eigenvalue weighted by Crippen LogP contribution is 2.19. The third-order valence-corrected chi connectivity index (χ3v) is 4.64. The van der Waals surface area contributed by atoms with Gasteiger partial charge in [0.2, 0.25) is 0 Å². The van der Waals surface area contributed by atoms with Crippen LogP contribution < -0.4 is 20.1 Å². The van der Waals surface area contributed by atoms with Crippen LogP contribution in [0.25, 0.3) is 5.69 Å². The molecule has 3 rings (SSSR count). The zero-order chi connectivity index (χ0) is 21.2. The van der Waals surface area contributed by atoms with Gasteiger partial charge in [0.15, 0.2) is 5.96 Å². The van der Waals surface area contributed by atoms with E-state index in [4.69, 9.17) is 9.47 Å². The van der Waals surface area contributed by atoms with Crippen molar-refractivity contribution in [2.24, 2.45) is 4.99 Å². The first-order chi connectivity index (χ1) is 14.7. The average molecular weight is 535 g/mol. The van der Waals surface area contributed by atoms with E-state index in [1.807, 2.05) is 53.3 Å². The van der Waals surface area contributed by atoms with E-state index < -0.39 is 0 Å². The molecule has 0 amide bonds. The third kappa shape index (κ3) is 7.46. The Bertz CT molecular complexity index is 947. The molecule has 8 heteroatoms. The van der Waals surface area contributed by atoms with Crippen molar-refractivity contribution in [1.82, 2.24) is 20.4 Å². The molecule has 0 bridgehead atoms. The van der Waals surface area contributed by atoms with Gasteiger partial charge in [0.1, 0.15) is 11.5 Å². The summed E-state index contributed by atoms with van der Waals surface area (Å²) < 4.78 is 12.8. The molecule has 3 aromatic rings. The Morgan fingerprint density at radius 3 is 2.68 bits per heavy atom. The lowest BCUT2D eigenvalue weighted by Crippen LogP contribution is -2.39. The first-order valence-corrected chi connectivity index (χ1v) is 10.0. The van der Waals surface area contributed by atoms with Gasteiger partial charge in [-0.2, -0.15) is 5.10 Å². The minimum absolute atomic E-state index is 0. The summed E-state index contributed by atoms with van der Waals surface area (Å²) in [6.45, 7) is 3.48. The van der Waals surface area contributed by atoms with Crippen molar-refractivity contribution in [1.29, 1.82) is 0 Å². The molecule has 0 aliphatic heterocycles. The molecule has 0 aliphatic rings. The summed E-state index contributed by atoms with van der Waals surface area (Å²) in [5.74, 6) is 2.36. The number of nitrogens with one attached hydrogen (secondary N) is 2. The Morgan fingerprint density at radius 1 is 1.13 bits per heavy atom. The fraction of sp³-hybridized carbons (Fsp3) is 0.304. The number of methoxy groups -OCH3 is 1. The second kappa shape index (κ2) is 12.8. The lowest BCUT2D eigenvalue weighted by Gasteiger charge is -2.19. The van der Waals surface area contributed by atoms with Crippen molar-refractivity contribution in [3.8, 4) is 17.2 Å². The predicted octanol–water partition coefficient (Wildman–Crippen LogP) is 4.19. The first-order valence-electron chi connectivity index (χ1n) is 10.0. The number of guanidine groups is 1. The largest absolute Gasteiger partial charge is 0.497 e. The van der Waals surface area contributed by atoms with E-state index >= 15 is 0 Å². The standard InChI is InChI=1S/C23H29N5O2.HI/c1-18(19-8-4-9-20(16-19)28-14-6-13-26-28)27-23(24-2)25-12-7-15-30-22-11-5-10-21(17-22)29-3;/h4-6,8-11,13-14,16-18H,7,12,15H2,1-3H3,(H2,24,25,27);1H. The van der Waals surface area contributed by atoms with Gasteiger partial charge >= 0.3 is 0 Å². The van der Waals surface area contributed by atoms with Gasteiger partial charge in [-0.25, -0.2) is 4.68 Å². The van der Waals surface area contributed by atoms with Crippen molar-refractivity contribution in [2.45, 2.75) is 19.4 Å². The Morgan fingerprint density at radius 2 is 1.94 bits per heavy atom. The number of ether oxygens (including phenoxy) is 2. The maximum absolute atomic E-state index is 5.77. The van der Waals surface area contributed by atoms with E-state index in [0.717, 1.165) is 41.7 Å². The molecule has 0 saturated carbocycles. The van der Waals surface area contributed by atoms with Crippen molar-refractivity contribution in [3.63, 3.8) is 0 Å². The Labute approximate surface area is 200 Å². The lowest BCUT2D eigenvalue weighted by atomic mass is 10.1. The van der Waals surface area contributed by atoms with Gasteiger partial charge in [-0.05, 0) is 49.2 Å². The molecule has 7 nitrogen and oxygen atoms in total. The molecule has 2 aromatic carbocycles. The lowest BCUT2D eigenvalue weighted by molar-refractivity contribution is 0.308. The maximum atomic E-state index is 5.77. The van der Waals surface area contributed by atoms with Crippen LogP contribution >= 0.6 is 24.0 Å². The summed E-state index contributed by atoms with van der Waals surface area (Å²) in [6, 6.07) is 17.9. The van der Waals surface area contributed by atoms with Crippen LogP contribution in [0.1, 0.15) is 24.9 Å². The third-order valence-electron chi connectivity index (χ3n) is 4.64. The van der Waals surface area contributed by atoms with Gasteiger partial charge < -0.3 is 20.1 Å². The Balaban J connectivity index is 0.00000341. The number of rotatable bonds is 9. The molecule has 0 saturated heterocycles. The SMILES string of the molecule is CN=C(NCCCOc1cccc(OC)c1)NC(C)c1cccc(-n2cccn2)c1.I. The molecule has 31 heavy (non-hydrogen) atoms. The highest BCUT2D eigenvalue weighted by Gasteiger charge is 2.09. The minimum atomic E-state index is 0. The molecule has 1 aromatic heterocycles. The van der Waals surface area contributed by atoms with Crippen LogP contribution in [0.4, 0.5) is 0 Å². The molecule has 0 spiro atoms. The molecule has 1 heterocycles. The fourth-order valence-electron chi connectivity index (χ4n) is 3.00. The maximum Gasteiger partial charge on any atom is 0.191 e. The molecule has 0 aliphatic carbocycles. The van der Waals surface area contributed by atoms with Gasteiger partial charge in [0.05, 0.1) is 25.4 Å². The van der Waals surface area contributed by atoms with Crippen LogP contribution in [0.5, 0.6) is 11.5 Å². The summed E-state index contributed by atoms with van der Waals surface area (Å²) in [7, 11) is 3.42. The molecule has 1 unspecified atom stereocenters. The van der Waals surface area contributed by atoms with Crippen molar-refractivity contribution in [3.05, 3.63) is 72.6 Å². The summed E-state index contributed by atoms with van der Waals surface area (Å²) in [5.41, 5.74) is 2.19. The summed E-state index contributed by atoms with van der Waals surface area (Å²) >= 11 is 0. The molecule has 1 atom stereocenters. The van der Waals surface area contributed by atoms with E-state index in [1.165, 1.54) is 0 Å². The fourth-order valence-corrected chi connectivity index (χ4v) is 3.00. The molecule has 2 N–H and O–H groups in total. The molecular formula is C23H30IN5O2. The van der Waals surface area contributed by atoms with Gasteiger partial charge in [0.25, 0.3) is 0 Å². The monoisotopic (exact) mass is 535 g/mol. The van der Waals surface area contributed by atoms with Crippen molar-refractivity contribution in [2.75, 3.05) is 27.3 Å². The van der Waals surface area contributed by atoms with Gasteiger partial charge in [0, 0.05) is 32.1 Å². The second-order valence-electron chi connectivity index (χ2n) is 6.79. The zero-order valence-electron chi connectivity index (χ0n) is 18.1. The molecule has 166 valence electrons. The van der Waals surface area contributed by atoms with Gasteiger partial charge in [-0.15, -0.1) is 24.0 Å². The highest BCUT2D eigenvalue weighted by atomic mass is 127. The number of hydrogen-bond donors (Lipinski definition) is 2. The van der Waals surface area contributed by atoms with E-state index in [-0.39, 0.29) is 30.0 Å². The van der Waals surface area contributed by atoms with Crippen LogP contribution in [0, 0.1) is 0 Å². The van der Waals surface area contributed by atoms with Crippen molar-refractivity contribution < 1.29 is 9.47 Å². The summed E-state index contributed by atoms with van der Waals surface area (Å²) in [4.78, 5) is 4.32. The number of halogens is 1. The smallest absolute Gasteiger partial charge is 0.191 e. The minimum Gasteiger partial charge on any atom is -0.497 e.